The van der Waals surface area contributed by atoms with Crippen LogP contribution in [-0.4, -0.2) is 38.1 Å². The van der Waals surface area contributed by atoms with Crippen molar-refractivity contribution < 1.29 is 57.2 Å². The number of benzene rings is 7. The molecule has 0 aliphatic heterocycles. The smallest absolute Gasteiger partial charge is 0.123 e. The summed E-state index contributed by atoms with van der Waals surface area (Å²) in [6, 6.07) is 42.2. The zero-order valence-corrected chi connectivity index (χ0v) is 58.2. The van der Waals surface area contributed by atoms with Gasteiger partial charge in [-0.2, -0.15) is 0 Å². The first-order chi connectivity index (χ1) is 46.0. The van der Waals surface area contributed by atoms with Gasteiger partial charge in [-0.15, -0.1) is 0 Å². The number of ether oxygens (including phenoxy) is 11. The van der Waals surface area contributed by atoms with E-state index in [4.69, 9.17) is 52.1 Å². The molecule has 0 saturated carbocycles. The highest BCUT2D eigenvalue weighted by Crippen LogP contribution is 2.33. The maximum Gasteiger partial charge on any atom is 0.123 e. The van der Waals surface area contributed by atoms with Gasteiger partial charge in [0.2, 0.25) is 0 Å². The standard InChI is InChI=1S/C82H110O12/c1-9-14-19-24-29-84-72-37-62(6)34-66(42-72)56-89-79-47-70(48-80(53-79)90-57-67-35-63(7)38-73(43-67)85-30-25-20-15-10-2)60-92-77-40-65(55-83)41-78(52-77)93-61-71-49-81(91-58-68-36-64(8)39-74(44-68)86-31-26-21-16-11-3)54-82(50-71)94-59-69-45-75(87-32-27-22-17-12-4)51-76(46-69)88-33-28-23-18-13-5/h34-54,83H,9-33,55-61H2,1-8H3. The van der Waals surface area contributed by atoms with Crippen LogP contribution in [-0.2, 0) is 46.2 Å². The Hall–Kier alpha value is -7.70. The molecule has 12 heteroatoms. The molecule has 0 aliphatic carbocycles. The third-order valence-corrected chi connectivity index (χ3v) is 16.0. The number of hydrogen-bond acceptors (Lipinski definition) is 12. The Bertz CT molecular complexity index is 3160. The monoisotopic (exact) mass is 1290 g/mol. The van der Waals surface area contributed by atoms with Crippen molar-refractivity contribution in [2.45, 2.75) is 230 Å². The van der Waals surface area contributed by atoms with E-state index in [0.717, 1.165) is 143 Å². The van der Waals surface area contributed by atoms with E-state index in [1.807, 2.05) is 72.8 Å². The van der Waals surface area contributed by atoms with E-state index >= 15 is 0 Å². The number of aliphatic hydroxyl groups excluding tert-OH is 1. The summed E-state index contributed by atoms with van der Waals surface area (Å²) in [4.78, 5) is 0. The molecule has 0 atom stereocenters. The average molecular weight is 1290 g/mol. The van der Waals surface area contributed by atoms with Gasteiger partial charge in [0.05, 0.1) is 39.6 Å². The van der Waals surface area contributed by atoms with Crippen molar-refractivity contribution in [2.75, 3.05) is 33.0 Å². The second-order valence-electron chi connectivity index (χ2n) is 25.1. The van der Waals surface area contributed by atoms with Gasteiger partial charge in [0.25, 0.3) is 0 Å². The molecule has 1 N–H and O–H groups in total. The quantitative estimate of drug-likeness (QED) is 0.0365. The minimum absolute atomic E-state index is 0.167. The van der Waals surface area contributed by atoms with Crippen LogP contribution in [0, 0.1) is 20.8 Å². The van der Waals surface area contributed by atoms with Crippen molar-refractivity contribution >= 4 is 0 Å². The highest BCUT2D eigenvalue weighted by molar-refractivity contribution is 5.44. The predicted molar refractivity (Wildman–Crippen MR) is 379 cm³/mol. The first-order valence-electron chi connectivity index (χ1n) is 35.4. The summed E-state index contributed by atoms with van der Waals surface area (Å²) in [5.41, 5.74) is 9.56. The van der Waals surface area contributed by atoms with Crippen LogP contribution < -0.4 is 52.1 Å². The summed E-state index contributed by atoms with van der Waals surface area (Å²) in [7, 11) is 0. The Balaban J connectivity index is 1.10. The van der Waals surface area contributed by atoms with Crippen molar-refractivity contribution in [3.8, 4) is 63.2 Å². The molecule has 7 aromatic rings. The zero-order valence-electron chi connectivity index (χ0n) is 58.2. The van der Waals surface area contributed by atoms with Crippen molar-refractivity contribution in [1.29, 1.82) is 0 Å². The van der Waals surface area contributed by atoms with Crippen molar-refractivity contribution in [1.82, 2.24) is 0 Å². The van der Waals surface area contributed by atoms with Crippen LogP contribution in [0.4, 0.5) is 0 Å². The summed E-state index contributed by atoms with van der Waals surface area (Å²) >= 11 is 0. The molecule has 0 radical (unpaired) electrons. The normalized spacial score (nSPS) is 11.1. The molecule has 510 valence electrons. The van der Waals surface area contributed by atoms with Crippen molar-refractivity contribution in [2.24, 2.45) is 0 Å². The number of aliphatic hydroxyl groups is 1. The van der Waals surface area contributed by atoms with Crippen LogP contribution >= 0.6 is 0 Å². The van der Waals surface area contributed by atoms with Crippen LogP contribution in [0.5, 0.6) is 63.2 Å². The van der Waals surface area contributed by atoms with E-state index in [1.54, 1.807) is 0 Å². The molecular weight excluding hydrogens is 1180 g/mol. The number of aryl methyl sites for hydroxylation is 3. The molecule has 0 heterocycles. The summed E-state index contributed by atoms with van der Waals surface area (Å²) in [5.74, 6) is 7.64. The molecule has 0 aromatic heterocycles. The molecule has 7 aromatic carbocycles. The van der Waals surface area contributed by atoms with E-state index in [1.165, 1.54) is 64.2 Å². The molecular formula is C82H110O12. The molecule has 0 bridgehead atoms. The van der Waals surface area contributed by atoms with Crippen LogP contribution in [0.3, 0.4) is 0 Å². The van der Waals surface area contributed by atoms with Gasteiger partial charge in [0, 0.05) is 24.3 Å². The Morgan fingerprint density at radius 2 is 0.383 bits per heavy atom. The third kappa shape index (κ3) is 28.5. The van der Waals surface area contributed by atoms with Gasteiger partial charge in [-0.1, -0.05) is 149 Å². The Labute approximate surface area is 563 Å². The number of rotatable bonds is 49. The molecule has 0 unspecified atom stereocenters. The second-order valence-corrected chi connectivity index (χ2v) is 25.1. The summed E-state index contributed by atoms with van der Waals surface area (Å²) in [6.45, 7) is 22.1. The Kier molecular flexibility index (Phi) is 33.4. The summed E-state index contributed by atoms with van der Waals surface area (Å²) in [6.07, 6.45) is 22.7. The molecule has 0 saturated heterocycles. The molecule has 7 rings (SSSR count). The van der Waals surface area contributed by atoms with Gasteiger partial charge in [-0.05, 0) is 193 Å². The average Bonchev–Trinajstić information content (AvgIpc) is 1.61. The second kappa shape index (κ2) is 42.6. The van der Waals surface area contributed by atoms with Gasteiger partial charge < -0.3 is 57.2 Å². The molecule has 0 fully saturated rings. The predicted octanol–water partition coefficient (Wildman–Crippen LogP) is 21.4. The first kappa shape index (κ1) is 73.7. The summed E-state index contributed by atoms with van der Waals surface area (Å²) < 4.78 is 70.8. The van der Waals surface area contributed by atoms with Crippen molar-refractivity contribution in [3.05, 3.63) is 183 Å². The highest BCUT2D eigenvalue weighted by atomic mass is 16.5. The lowest BCUT2D eigenvalue weighted by Crippen LogP contribution is -2.04. The number of unbranched alkanes of at least 4 members (excludes halogenated alkanes) is 15. The minimum Gasteiger partial charge on any atom is -0.494 e. The number of hydrogen-bond donors (Lipinski definition) is 1. The van der Waals surface area contributed by atoms with Gasteiger partial charge in [-0.3, -0.25) is 0 Å². The zero-order chi connectivity index (χ0) is 66.4. The van der Waals surface area contributed by atoms with Crippen LogP contribution in [0.1, 0.15) is 219 Å². The topological polar surface area (TPSA) is 122 Å². The lowest BCUT2D eigenvalue weighted by molar-refractivity contribution is 0.267. The first-order valence-corrected chi connectivity index (χ1v) is 35.4. The SMILES string of the molecule is CCCCCCOc1cc(C)cc(COc2cc(COc3cc(CO)cc(OCc4cc(OCc5cc(C)cc(OCCCCCC)c5)cc(OCc5cc(OCCCCCC)cc(OCCCCCC)c5)c4)c3)cc(OCc3cc(C)cc(OCCCCCC)c3)c2)c1. The molecule has 0 aliphatic rings. The maximum absolute atomic E-state index is 10.6. The third-order valence-electron chi connectivity index (χ3n) is 16.0. The Morgan fingerprint density at radius 3 is 0.585 bits per heavy atom. The van der Waals surface area contributed by atoms with E-state index in [9.17, 15) is 5.11 Å². The van der Waals surface area contributed by atoms with Crippen molar-refractivity contribution in [3.63, 3.8) is 0 Å². The van der Waals surface area contributed by atoms with E-state index in [0.29, 0.717) is 92.9 Å². The molecule has 12 nitrogen and oxygen atoms in total. The highest BCUT2D eigenvalue weighted by Gasteiger charge is 2.14. The largest absolute Gasteiger partial charge is 0.494 e. The lowest BCUT2D eigenvalue weighted by atomic mass is 10.1. The van der Waals surface area contributed by atoms with Gasteiger partial charge in [-0.25, -0.2) is 0 Å². The molecule has 94 heavy (non-hydrogen) atoms. The fourth-order valence-corrected chi connectivity index (χ4v) is 11.1. The molecule has 0 amide bonds. The fraction of sp³-hybridized carbons (Fsp3) is 0.488. The van der Waals surface area contributed by atoms with Gasteiger partial charge in [0.1, 0.15) is 103 Å². The fourth-order valence-electron chi connectivity index (χ4n) is 11.1. The van der Waals surface area contributed by atoms with E-state index in [2.05, 4.69) is 110 Å². The maximum atomic E-state index is 10.6. The van der Waals surface area contributed by atoms with Crippen LogP contribution in [0.2, 0.25) is 0 Å². The minimum atomic E-state index is -0.216. The Morgan fingerprint density at radius 1 is 0.202 bits per heavy atom. The van der Waals surface area contributed by atoms with E-state index in [-0.39, 0.29) is 26.4 Å². The molecule has 0 spiro atoms. The van der Waals surface area contributed by atoms with Crippen LogP contribution in [0.15, 0.2) is 127 Å². The van der Waals surface area contributed by atoms with Crippen LogP contribution in [0.25, 0.3) is 0 Å². The van der Waals surface area contributed by atoms with Gasteiger partial charge >= 0.3 is 0 Å². The lowest BCUT2D eigenvalue weighted by Gasteiger charge is -2.16. The summed E-state index contributed by atoms with van der Waals surface area (Å²) in [5, 5.41) is 10.6. The van der Waals surface area contributed by atoms with E-state index < -0.39 is 0 Å². The van der Waals surface area contributed by atoms with Gasteiger partial charge in [0.15, 0.2) is 0 Å².